The average molecular weight is 419 g/mol. The van der Waals surface area contributed by atoms with E-state index in [-0.39, 0.29) is 17.9 Å². The summed E-state index contributed by atoms with van der Waals surface area (Å²) in [6.45, 7) is -0.182. The number of nitrogens with zero attached hydrogens (tertiary/aromatic N) is 3. The van der Waals surface area contributed by atoms with Crippen LogP contribution in [-0.4, -0.2) is 20.5 Å². The number of hydrogen-bond acceptors (Lipinski definition) is 5. The number of carbonyl (C=O) groups is 1. The fourth-order valence-corrected chi connectivity index (χ4v) is 3.90. The summed E-state index contributed by atoms with van der Waals surface area (Å²) in [4.78, 5) is 17.1. The summed E-state index contributed by atoms with van der Waals surface area (Å²) in [7, 11) is 0. The zero-order chi connectivity index (χ0) is 22.1. The molecule has 0 bridgehead atoms. The molecule has 32 heavy (non-hydrogen) atoms. The molecule has 0 amide bonds. The molecule has 6 nitrogen and oxygen atoms in total. The van der Waals surface area contributed by atoms with Gasteiger partial charge in [0.15, 0.2) is 0 Å². The number of imidazole rings is 1. The van der Waals surface area contributed by atoms with Gasteiger partial charge >= 0.3 is 5.97 Å². The van der Waals surface area contributed by atoms with Gasteiger partial charge in [0, 0.05) is 17.3 Å². The van der Waals surface area contributed by atoms with Crippen LogP contribution in [0.15, 0.2) is 85.1 Å². The quantitative estimate of drug-likeness (QED) is 0.410. The first-order valence-electron chi connectivity index (χ1n) is 10.0. The van der Waals surface area contributed by atoms with Crippen molar-refractivity contribution >= 4 is 22.6 Å². The lowest BCUT2D eigenvalue weighted by molar-refractivity contribution is 0.0473. The number of aromatic hydroxyl groups is 1. The van der Waals surface area contributed by atoms with E-state index in [1.165, 1.54) is 0 Å². The summed E-state index contributed by atoms with van der Waals surface area (Å²) in [6, 6.07) is 25.6. The molecule has 2 aromatic heterocycles. The lowest BCUT2D eigenvalue weighted by atomic mass is 9.93. The molecule has 0 spiro atoms. The molecule has 2 heterocycles. The maximum atomic E-state index is 12.6. The van der Waals surface area contributed by atoms with Crippen molar-refractivity contribution in [2.75, 3.05) is 0 Å². The Balaban J connectivity index is 1.74. The number of nitriles is 1. The van der Waals surface area contributed by atoms with Gasteiger partial charge in [-0.05, 0) is 29.8 Å². The van der Waals surface area contributed by atoms with Gasteiger partial charge in [0.05, 0.1) is 11.1 Å². The molecule has 0 aliphatic rings. The predicted octanol–water partition coefficient (Wildman–Crippen LogP) is 5.09. The van der Waals surface area contributed by atoms with Crippen molar-refractivity contribution in [3.05, 3.63) is 102 Å². The molecule has 0 fully saturated rings. The second-order valence-electron chi connectivity index (χ2n) is 7.24. The fraction of sp³-hybridized carbons (Fsp3) is 0.0385. The Morgan fingerprint density at radius 2 is 1.69 bits per heavy atom. The van der Waals surface area contributed by atoms with Crippen molar-refractivity contribution in [1.29, 1.82) is 5.26 Å². The number of ether oxygens (including phenoxy) is 1. The summed E-state index contributed by atoms with van der Waals surface area (Å²) in [5, 5.41) is 21.4. The van der Waals surface area contributed by atoms with E-state index in [9.17, 15) is 15.2 Å². The number of esters is 1. The van der Waals surface area contributed by atoms with Gasteiger partial charge in [0.25, 0.3) is 0 Å². The average Bonchev–Trinajstić information content (AvgIpc) is 3.23. The van der Waals surface area contributed by atoms with Crippen LogP contribution in [0.3, 0.4) is 0 Å². The van der Waals surface area contributed by atoms with Crippen LogP contribution in [0.25, 0.3) is 27.8 Å². The maximum absolute atomic E-state index is 12.6. The minimum atomic E-state index is -0.511. The molecule has 0 saturated heterocycles. The van der Waals surface area contributed by atoms with Crippen molar-refractivity contribution in [3.8, 4) is 22.9 Å². The largest absolute Gasteiger partial charge is 0.505 e. The van der Waals surface area contributed by atoms with Crippen LogP contribution in [0.5, 0.6) is 5.75 Å². The maximum Gasteiger partial charge on any atom is 0.338 e. The Kier molecular flexibility index (Phi) is 4.77. The van der Waals surface area contributed by atoms with Crippen molar-refractivity contribution in [1.82, 2.24) is 9.38 Å². The molecule has 5 rings (SSSR count). The second kappa shape index (κ2) is 7.89. The highest BCUT2D eigenvalue weighted by Crippen LogP contribution is 2.42. The summed E-state index contributed by atoms with van der Waals surface area (Å²) in [6.07, 6.45) is 1.79. The number of phenolic OH excluding ortho intramolecular Hbond substituents is 1. The van der Waals surface area contributed by atoms with E-state index >= 15 is 0 Å². The monoisotopic (exact) mass is 419 g/mol. The van der Waals surface area contributed by atoms with Gasteiger partial charge in [-0.3, -0.25) is 4.40 Å². The summed E-state index contributed by atoms with van der Waals surface area (Å²) >= 11 is 0. The van der Waals surface area contributed by atoms with Crippen LogP contribution in [0.2, 0.25) is 0 Å². The molecular weight excluding hydrogens is 402 g/mol. The zero-order valence-corrected chi connectivity index (χ0v) is 16.9. The van der Waals surface area contributed by atoms with E-state index in [0.29, 0.717) is 38.9 Å². The third kappa shape index (κ3) is 3.13. The normalized spacial score (nSPS) is 10.8. The molecule has 154 valence electrons. The lowest BCUT2D eigenvalue weighted by Gasteiger charge is -2.15. The molecular formula is C26H17N3O3. The van der Waals surface area contributed by atoms with Crippen LogP contribution in [0.1, 0.15) is 21.5 Å². The van der Waals surface area contributed by atoms with Gasteiger partial charge < -0.3 is 9.84 Å². The molecule has 1 N–H and O–H groups in total. The number of benzene rings is 3. The molecule has 0 unspecified atom stereocenters. The topological polar surface area (TPSA) is 87.6 Å². The van der Waals surface area contributed by atoms with Gasteiger partial charge in [-0.1, -0.05) is 54.6 Å². The van der Waals surface area contributed by atoms with Crippen LogP contribution in [-0.2, 0) is 11.3 Å². The fourth-order valence-electron chi connectivity index (χ4n) is 3.90. The standard InChI is InChI=1S/C26H17N3O3/c27-15-19-20(16-32-26(31)18-11-5-2-6-12-18)22(17-9-3-1-4-10-17)25(30)24-23(19)28-21-13-7-8-14-29(21)24/h1-14,30H,16H2. The third-order valence-electron chi connectivity index (χ3n) is 5.36. The molecule has 5 aromatic rings. The predicted molar refractivity (Wildman–Crippen MR) is 120 cm³/mol. The SMILES string of the molecule is N#Cc1c(COC(=O)c2ccccc2)c(-c2ccccc2)c(O)c2c1nc1ccccn12. The van der Waals surface area contributed by atoms with Crippen LogP contribution in [0, 0.1) is 11.3 Å². The van der Waals surface area contributed by atoms with E-state index in [1.54, 1.807) is 40.9 Å². The molecule has 3 aromatic carbocycles. The molecule has 0 atom stereocenters. The number of rotatable bonds is 4. The smallest absolute Gasteiger partial charge is 0.338 e. The highest BCUT2D eigenvalue weighted by atomic mass is 16.5. The second-order valence-corrected chi connectivity index (χ2v) is 7.24. The molecule has 0 aliphatic heterocycles. The zero-order valence-electron chi connectivity index (χ0n) is 16.9. The number of pyridine rings is 1. The first kappa shape index (κ1) is 19.3. The Bertz CT molecular complexity index is 1500. The molecule has 6 heteroatoms. The summed E-state index contributed by atoms with van der Waals surface area (Å²) in [5.74, 6) is -0.530. The first-order chi connectivity index (χ1) is 15.7. The first-order valence-corrected chi connectivity index (χ1v) is 10.0. The van der Waals surface area contributed by atoms with Gasteiger partial charge in [-0.25, -0.2) is 9.78 Å². The number of carbonyl (C=O) groups excluding carboxylic acids is 1. The minimum absolute atomic E-state index is 0.0188. The van der Waals surface area contributed by atoms with Crippen LogP contribution >= 0.6 is 0 Å². The van der Waals surface area contributed by atoms with Gasteiger partial charge in [0.1, 0.15) is 35.1 Å². The van der Waals surface area contributed by atoms with Crippen molar-refractivity contribution in [2.24, 2.45) is 0 Å². The van der Waals surface area contributed by atoms with Crippen LogP contribution in [0.4, 0.5) is 0 Å². The van der Waals surface area contributed by atoms with E-state index in [0.717, 1.165) is 0 Å². The Hall–Kier alpha value is -4.63. The van der Waals surface area contributed by atoms with Crippen LogP contribution < -0.4 is 0 Å². The number of hydrogen-bond donors (Lipinski definition) is 1. The number of phenols is 1. The lowest BCUT2D eigenvalue weighted by Crippen LogP contribution is -2.08. The molecule has 0 aliphatic carbocycles. The van der Waals surface area contributed by atoms with E-state index in [1.807, 2.05) is 48.5 Å². The highest BCUT2D eigenvalue weighted by molar-refractivity contribution is 5.99. The molecule has 0 radical (unpaired) electrons. The Morgan fingerprint density at radius 3 is 2.41 bits per heavy atom. The third-order valence-corrected chi connectivity index (χ3v) is 5.36. The Labute approximate surface area is 183 Å². The minimum Gasteiger partial charge on any atom is -0.505 e. The van der Waals surface area contributed by atoms with Gasteiger partial charge in [-0.2, -0.15) is 5.26 Å². The van der Waals surface area contributed by atoms with E-state index in [2.05, 4.69) is 11.1 Å². The summed E-state index contributed by atoms with van der Waals surface area (Å²) in [5.41, 5.74) is 3.65. The van der Waals surface area contributed by atoms with Crippen molar-refractivity contribution in [2.45, 2.75) is 6.61 Å². The van der Waals surface area contributed by atoms with E-state index < -0.39 is 5.97 Å². The van der Waals surface area contributed by atoms with Gasteiger partial charge in [-0.15, -0.1) is 0 Å². The van der Waals surface area contributed by atoms with Crippen molar-refractivity contribution in [3.63, 3.8) is 0 Å². The van der Waals surface area contributed by atoms with E-state index in [4.69, 9.17) is 4.74 Å². The van der Waals surface area contributed by atoms with Crippen molar-refractivity contribution < 1.29 is 14.6 Å². The summed E-state index contributed by atoms with van der Waals surface area (Å²) < 4.78 is 7.31. The molecule has 0 saturated carbocycles. The highest BCUT2D eigenvalue weighted by Gasteiger charge is 2.25. The van der Waals surface area contributed by atoms with Gasteiger partial charge in [0.2, 0.25) is 0 Å². The number of aromatic nitrogens is 2. The Morgan fingerprint density at radius 1 is 1.00 bits per heavy atom. The number of fused-ring (bicyclic) bond motifs is 3.